The summed E-state index contributed by atoms with van der Waals surface area (Å²) in [5.41, 5.74) is 6.40. The first-order valence-corrected chi connectivity index (χ1v) is 13.9. The summed E-state index contributed by atoms with van der Waals surface area (Å²) in [5, 5.41) is 3.46. The Morgan fingerprint density at radius 1 is 0.923 bits per heavy atom. The van der Waals surface area contributed by atoms with Crippen LogP contribution < -0.4 is 10.1 Å². The van der Waals surface area contributed by atoms with Crippen molar-refractivity contribution in [3.05, 3.63) is 117 Å². The van der Waals surface area contributed by atoms with E-state index < -0.39 is 0 Å². The minimum Gasteiger partial charge on any atom is -0.457 e. The van der Waals surface area contributed by atoms with Crippen molar-refractivity contribution in [2.24, 2.45) is 0 Å². The number of nitrogens with one attached hydrogen (secondary N) is 1. The zero-order valence-corrected chi connectivity index (χ0v) is 24.1. The maximum atomic E-state index is 13.0. The fourth-order valence-electron chi connectivity index (χ4n) is 5.42. The first-order chi connectivity index (χ1) is 18.5. The van der Waals surface area contributed by atoms with Gasteiger partial charge < -0.3 is 14.5 Å². The molecule has 0 spiro atoms. The number of hydrogen-bond acceptors (Lipinski definition) is 3. The molecule has 0 aliphatic heterocycles. The van der Waals surface area contributed by atoms with Crippen LogP contribution in [0.4, 0.5) is 0 Å². The minimum absolute atomic E-state index is 0.142. The summed E-state index contributed by atoms with van der Waals surface area (Å²) in [6, 6.07) is 23.3. The van der Waals surface area contributed by atoms with Gasteiger partial charge >= 0.3 is 0 Å². The molecule has 1 aliphatic rings. The van der Waals surface area contributed by atoms with Crippen LogP contribution in [0.1, 0.15) is 84.7 Å². The van der Waals surface area contributed by atoms with Gasteiger partial charge in [-0.05, 0) is 89.2 Å². The number of fused-ring (bicyclic) bond motifs is 1. The highest BCUT2D eigenvalue weighted by Gasteiger charge is 2.37. The van der Waals surface area contributed by atoms with Gasteiger partial charge in [-0.25, -0.2) is 0 Å². The molecule has 5 heteroatoms. The van der Waals surface area contributed by atoms with Gasteiger partial charge in [-0.3, -0.25) is 4.79 Å². The number of benzene rings is 3. The smallest absolute Gasteiger partial charge is 0.287 e. The molecule has 5 rings (SSSR count). The summed E-state index contributed by atoms with van der Waals surface area (Å²) in [7, 11) is 0. The number of carbonyl (C=O) groups excluding carboxylic acids is 1. The molecule has 0 unspecified atom stereocenters. The molecule has 0 radical (unpaired) electrons. The molecule has 202 valence electrons. The molecule has 0 saturated heterocycles. The second kappa shape index (κ2) is 10.6. The van der Waals surface area contributed by atoms with Gasteiger partial charge in [0.05, 0.1) is 0 Å². The molecule has 1 amide bonds. The third-order valence-electron chi connectivity index (χ3n) is 8.03. The van der Waals surface area contributed by atoms with Crippen molar-refractivity contribution in [2.45, 2.75) is 71.3 Å². The van der Waals surface area contributed by atoms with Gasteiger partial charge in [0.15, 0.2) is 5.76 Å². The SMILES string of the molecule is Cc1cc2c(cc1Cc1ccc(C(=O)NCc3c(Cl)cccc3Oc3ccccc3)o1)C(C)(C)CCC2(C)C. The van der Waals surface area contributed by atoms with Gasteiger partial charge in [0.2, 0.25) is 0 Å². The number of ether oxygens (including phenoxy) is 1. The van der Waals surface area contributed by atoms with Crippen LogP contribution in [0.25, 0.3) is 0 Å². The fraction of sp³-hybridized carbons (Fsp3) is 0.324. The van der Waals surface area contributed by atoms with E-state index in [2.05, 4.69) is 52.1 Å². The average molecular weight is 542 g/mol. The minimum atomic E-state index is -0.295. The first-order valence-electron chi connectivity index (χ1n) is 13.6. The Bertz CT molecular complexity index is 1500. The Kier molecular flexibility index (Phi) is 7.35. The van der Waals surface area contributed by atoms with E-state index in [1.165, 1.54) is 35.1 Å². The topological polar surface area (TPSA) is 51.5 Å². The van der Waals surface area contributed by atoms with Crippen LogP contribution in [-0.2, 0) is 23.8 Å². The highest BCUT2D eigenvalue weighted by atomic mass is 35.5. The highest BCUT2D eigenvalue weighted by Crippen LogP contribution is 2.46. The van der Waals surface area contributed by atoms with Gasteiger partial charge in [-0.1, -0.05) is 75.7 Å². The van der Waals surface area contributed by atoms with E-state index in [4.69, 9.17) is 20.8 Å². The van der Waals surface area contributed by atoms with E-state index in [1.807, 2.05) is 48.5 Å². The molecule has 0 atom stereocenters. The fourth-order valence-corrected chi connectivity index (χ4v) is 5.65. The van der Waals surface area contributed by atoms with Gasteiger partial charge in [0, 0.05) is 23.6 Å². The Balaban J connectivity index is 1.30. The molecule has 4 nitrogen and oxygen atoms in total. The van der Waals surface area contributed by atoms with E-state index in [9.17, 15) is 4.79 Å². The summed E-state index contributed by atoms with van der Waals surface area (Å²) in [5.74, 6) is 2.05. The van der Waals surface area contributed by atoms with Crippen molar-refractivity contribution in [3.63, 3.8) is 0 Å². The van der Waals surface area contributed by atoms with Crippen molar-refractivity contribution >= 4 is 17.5 Å². The number of para-hydroxylation sites is 1. The number of aryl methyl sites for hydroxylation is 1. The monoisotopic (exact) mass is 541 g/mol. The van der Waals surface area contributed by atoms with Gasteiger partial charge in [-0.15, -0.1) is 0 Å². The predicted octanol–water partition coefficient (Wildman–Crippen LogP) is 8.90. The van der Waals surface area contributed by atoms with E-state index >= 15 is 0 Å². The van der Waals surface area contributed by atoms with Crippen LogP contribution in [0.2, 0.25) is 5.02 Å². The third-order valence-corrected chi connectivity index (χ3v) is 8.39. The van der Waals surface area contributed by atoms with Crippen molar-refractivity contribution in [1.29, 1.82) is 0 Å². The number of hydrogen-bond donors (Lipinski definition) is 1. The number of amides is 1. The van der Waals surface area contributed by atoms with Gasteiger partial charge in [0.1, 0.15) is 17.3 Å². The van der Waals surface area contributed by atoms with Crippen molar-refractivity contribution in [1.82, 2.24) is 5.32 Å². The number of furan rings is 1. The summed E-state index contributed by atoms with van der Waals surface area (Å²) in [6.07, 6.45) is 3.00. The zero-order chi connectivity index (χ0) is 27.8. The van der Waals surface area contributed by atoms with E-state index in [1.54, 1.807) is 12.1 Å². The van der Waals surface area contributed by atoms with E-state index in [0.717, 1.165) is 5.76 Å². The third kappa shape index (κ3) is 5.77. The maximum absolute atomic E-state index is 13.0. The van der Waals surface area contributed by atoms with Crippen LogP contribution in [0.3, 0.4) is 0 Å². The van der Waals surface area contributed by atoms with Crippen molar-refractivity contribution in [3.8, 4) is 11.5 Å². The molecular formula is C34H36ClNO3. The van der Waals surface area contributed by atoms with Crippen LogP contribution >= 0.6 is 11.6 Å². The summed E-state index contributed by atoms with van der Waals surface area (Å²) < 4.78 is 12.0. The van der Waals surface area contributed by atoms with Crippen LogP contribution in [0.15, 0.2) is 77.2 Å². The molecule has 1 heterocycles. The molecule has 4 aromatic rings. The summed E-state index contributed by atoms with van der Waals surface area (Å²) in [6.45, 7) is 11.7. The van der Waals surface area contributed by atoms with Crippen LogP contribution in [-0.4, -0.2) is 5.91 Å². The number of halogens is 1. The molecule has 0 fully saturated rings. The number of carbonyl (C=O) groups is 1. The van der Waals surface area contributed by atoms with E-state index in [0.29, 0.717) is 28.5 Å². The quantitative estimate of drug-likeness (QED) is 0.254. The second-order valence-electron chi connectivity index (χ2n) is 11.8. The average Bonchev–Trinajstić information content (AvgIpc) is 3.37. The Labute approximate surface area is 236 Å². The predicted molar refractivity (Wildman–Crippen MR) is 157 cm³/mol. The molecule has 39 heavy (non-hydrogen) atoms. The normalized spacial score (nSPS) is 15.4. The van der Waals surface area contributed by atoms with E-state index in [-0.39, 0.29) is 29.0 Å². The molecular weight excluding hydrogens is 506 g/mol. The van der Waals surface area contributed by atoms with Crippen molar-refractivity contribution in [2.75, 3.05) is 0 Å². The second-order valence-corrected chi connectivity index (χ2v) is 12.3. The zero-order valence-electron chi connectivity index (χ0n) is 23.4. The lowest BCUT2D eigenvalue weighted by Crippen LogP contribution is -2.34. The molecule has 3 aromatic carbocycles. The van der Waals surface area contributed by atoms with Gasteiger partial charge in [0.25, 0.3) is 5.91 Å². The summed E-state index contributed by atoms with van der Waals surface area (Å²) >= 11 is 6.47. The molecule has 0 bridgehead atoms. The van der Waals surface area contributed by atoms with Gasteiger partial charge in [-0.2, -0.15) is 0 Å². The van der Waals surface area contributed by atoms with Crippen LogP contribution in [0, 0.1) is 6.92 Å². The maximum Gasteiger partial charge on any atom is 0.287 e. The van der Waals surface area contributed by atoms with Crippen molar-refractivity contribution < 1.29 is 13.9 Å². The lowest BCUT2D eigenvalue weighted by atomic mass is 9.62. The molecule has 1 aromatic heterocycles. The first kappa shape index (κ1) is 27.1. The Morgan fingerprint density at radius 3 is 2.33 bits per heavy atom. The molecule has 0 saturated carbocycles. The standard InChI is InChI=1S/C34H36ClNO3/c1-22-18-27-28(34(4,5)17-16-33(27,2)3)20-23(22)19-25-14-15-31(39-25)32(37)36-21-26-29(35)12-9-13-30(26)38-24-10-7-6-8-11-24/h6-15,18,20H,16-17,19,21H2,1-5H3,(H,36,37). The largest absolute Gasteiger partial charge is 0.457 e. The Hall–Kier alpha value is -3.50. The lowest BCUT2D eigenvalue weighted by Gasteiger charge is -2.42. The Morgan fingerprint density at radius 2 is 1.62 bits per heavy atom. The number of rotatable bonds is 7. The molecule has 1 N–H and O–H groups in total. The molecule has 1 aliphatic carbocycles. The van der Waals surface area contributed by atoms with Crippen LogP contribution in [0.5, 0.6) is 11.5 Å². The lowest BCUT2D eigenvalue weighted by molar-refractivity contribution is 0.0921. The summed E-state index contributed by atoms with van der Waals surface area (Å²) in [4.78, 5) is 13.0. The highest BCUT2D eigenvalue weighted by molar-refractivity contribution is 6.31.